The number of benzene rings is 1. The van der Waals surface area contributed by atoms with Gasteiger partial charge in [0.15, 0.2) is 23.7 Å². The van der Waals surface area contributed by atoms with Crippen molar-refractivity contribution in [1.29, 1.82) is 0 Å². The lowest BCUT2D eigenvalue weighted by Gasteiger charge is -2.61. The van der Waals surface area contributed by atoms with Crippen molar-refractivity contribution in [3.8, 4) is 0 Å². The summed E-state index contributed by atoms with van der Waals surface area (Å²) in [6, 6.07) is 6.55. The number of rotatable bonds is 10. The molecule has 0 spiro atoms. The number of alkyl halides is 1. The van der Waals surface area contributed by atoms with E-state index in [9.17, 15) is 44.6 Å². The molecule has 0 aliphatic heterocycles. The number of fused-ring (bicyclic) bond motifs is 5. The van der Waals surface area contributed by atoms with Gasteiger partial charge in [-0.05, 0) is 49.3 Å². The number of halogens is 1. The summed E-state index contributed by atoms with van der Waals surface area (Å²) in [5.41, 5.74) is -5.89. The number of ether oxygens (including phenoxy) is 1. The Morgan fingerprint density at radius 3 is 2.51 bits per heavy atom. The second kappa shape index (κ2) is 12.4. The number of hydrogen-bond donors (Lipinski definition) is 5. The maximum Gasteiger partial charge on any atom is 0.408 e. The van der Waals surface area contributed by atoms with E-state index in [1.165, 1.54) is 19.1 Å². The summed E-state index contributed by atoms with van der Waals surface area (Å²) in [5.74, 6) is -3.48. The Kier molecular flexibility index (Phi) is 9.03. The quantitative estimate of drug-likeness (QED) is 0.137. The van der Waals surface area contributed by atoms with Gasteiger partial charge in [0.25, 0.3) is 5.09 Å². The first-order valence-corrected chi connectivity index (χ1v) is 15.3. The van der Waals surface area contributed by atoms with Gasteiger partial charge in [0.05, 0.1) is 12.2 Å². The number of hydrogen-bond acceptors (Lipinski definition) is 11. The highest BCUT2D eigenvalue weighted by molar-refractivity contribution is 5.94. The number of amides is 2. The van der Waals surface area contributed by atoms with Crippen LogP contribution in [0.25, 0.3) is 0 Å². The fraction of sp³-hybridized carbons (Fsp3) is 0.562. The predicted octanol–water partition coefficient (Wildman–Crippen LogP) is 1.38. The highest BCUT2D eigenvalue weighted by Crippen LogP contribution is 2.69. The largest absolute Gasteiger partial charge is 0.441 e. The van der Waals surface area contributed by atoms with E-state index in [0.29, 0.717) is 16.7 Å². The molecule has 5 rings (SSSR count). The Balaban J connectivity index is 1.19. The van der Waals surface area contributed by atoms with Crippen molar-refractivity contribution in [2.45, 2.75) is 76.2 Å². The number of allylic oxidation sites excluding steroid dienone is 4. The van der Waals surface area contributed by atoms with Crippen molar-refractivity contribution < 1.29 is 53.5 Å². The van der Waals surface area contributed by atoms with Crippen molar-refractivity contribution in [2.75, 3.05) is 13.2 Å². The Hall–Kier alpha value is -4.21. The molecule has 4 aliphatic carbocycles. The minimum atomic E-state index is -2.48. The molecule has 15 heteroatoms. The Labute approximate surface area is 269 Å². The minimum absolute atomic E-state index is 0.0202. The van der Waals surface area contributed by atoms with Crippen LogP contribution < -0.4 is 10.6 Å². The van der Waals surface area contributed by atoms with Crippen molar-refractivity contribution >= 4 is 23.6 Å². The Morgan fingerprint density at radius 1 is 1.11 bits per heavy atom. The molecule has 2 amide bonds. The van der Waals surface area contributed by atoms with Crippen molar-refractivity contribution in [2.24, 2.45) is 22.7 Å². The topological polar surface area (TPSA) is 215 Å². The summed E-state index contributed by atoms with van der Waals surface area (Å²) in [4.78, 5) is 65.0. The molecule has 0 aromatic heterocycles. The number of Topliss-reactive ketones (excluding diaryl/α,β-unsaturated/α-hetero) is 1. The second-order valence-corrected chi connectivity index (χ2v) is 13.2. The van der Waals surface area contributed by atoms with E-state index < -0.39 is 82.2 Å². The minimum Gasteiger partial charge on any atom is -0.441 e. The molecular weight excluding hydrogens is 621 g/mol. The maximum atomic E-state index is 17.2. The number of carbonyl (C=O) groups is 4. The van der Waals surface area contributed by atoms with Gasteiger partial charge in [0.2, 0.25) is 11.7 Å². The van der Waals surface area contributed by atoms with Crippen LogP contribution in [0, 0.1) is 32.8 Å². The summed E-state index contributed by atoms with van der Waals surface area (Å²) in [5, 5.41) is 48.5. The summed E-state index contributed by atoms with van der Waals surface area (Å²) in [7, 11) is 0. The molecular formula is C32H38FN3O11. The number of ketones is 2. The number of nitrogens with zero attached hydrogens (tertiary/aromatic N) is 1. The number of carbonyl (C=O) groups excluding carboxylic acids is 4. The lowest BCUT2D eigenvalue weighted by molar-refractivity contribution is -0.763. The lowest BCUT2D eigenvalue weighted by atomic mass is 9.45. The highest BCUT2D eigenvalue weighted by Gasteiger charge is 2.76. The van der Waals surface area contributed by atoms with Gasteiger partial charge in [-0.1, -0.05) is 48.9 Å². The SMILES string of the molecule is C[C@]12C=CC(=O)CC1=CC[C@H]1[C@@H]3C[C@@H](O)[C@](O)(C(=O)COC(=O)NCC(=O)NCc4ccccc4CO[N+](=O)[O-])[C@@]3(C)C[C@H](O)[C@@]12F. The lowest BCUT2D eigenvalue weighted by Crippen LogP contribution is -2.69. The maximum absolute atomic E-state index is 17.2. The van der Waals surface area contributed by atoms with E-state index in [4.69, 9.17) is 4.74 Å². The molecule has 1 aromatic rings. The van der Waals surface area contributed by atoms with E-state index in [1.807, 2.05) is 0 Å². The number of nitrogens with one attached hydrogen (secondary N) is 2. The van der Waals surface area contributed by atoms with Gasteiger partial charge in [-0.3, -0.25) is 14.4 Å². The fourth-order valence-electron chi connectivity index (χ4n) is 8.33. The monoisotopic (exact) mass is 659 g/mol. The van der Waals surface area contributed by atoms with Crippen LogP contribution in [0.3, 0.4) is 0 Å². The molecule has 14 nitrogen and oxygen atoms in total. The fourth-order valence-corrected chi connectivity index (χ4v) is 8.33. The zero-order valence-electron chi connectivity index (χ0n) is 25.9. The number of alkyl carbamates (subject to hydrolysis) is 1. The van der Waals surface area contributed by atoms with E-state index >= 15 is 4.39 Å². The molecule has 0 bridgehead atoms. The van der Waals surface area contributed by atoms with Crippen molar-refractivity contribution in [1.82, 2.24) is 10.6 Å². The summed E-state index contributed by atoms with van der Waals surface area (Å²) in [6.45, 7) is 1.29. The Morgan fingerprint density at radius 2 is 1.81 bits per heavy atom. The smallest absolute Gasteiger partial charge is 0.408 e. The molecule has 4 aliphatic rings. The van der Waals surface area contributed by atoms with Crippen LogP contribution in [0.4, 0.5) is 9.18 Å². The first-order valence-electron chi connectivity index (χ1n) is 15.3. The number of aliphatic hydroxyl groups is 3. The number of aliphatic hydroxyl groups excluding tert-OH is 2. The van der Waals surface area contributed by atoms with Gasteiger partial charge in [-0.25, -0.2) is 9.18 Å². The van der Waals surface area contributed by atoms with Gasteiger partial charge >= 0.3 is 6.09 Å². The van der Waals surface area contributed by atoms with Crippen molar-refractivity contribution in [3.63, 3.8) is 0 Å². The molecule has 5 N–H and O–H groups in total. The zero-order chi connectivity index (χ0) is 34.4. The van der Waals surface area contributed by atoms with Gasteiger partial charge in [-0.2, -0.15) is 0 Å². The third-order valence-corrected chi connectivity index (χ3v) is 10.9. The molecule has 254 valence electrons. The van der Waals surface area contributed by atoms with Crippen LogP contribution in [0.2, 0.25) is 0 Å². The van der Waals surface area contributed by atoms with Crippen molar-refractivity contribution in [3.05, 3.63) is 69.3 Å². The summed E-state index contributed by atoms with van der Waals surface area (Å²) < 4.78 is 22.2. The molecule has 2 fully saturated rings. The van der Waals surface area contributed by atoms with Gasteiger partial charge in [0, 0.05) is 29.7 Å². The first-order chi connectivity index (χ1) is 22.1. The summed E-state index contributed by atoms with van der Waals surface area (Å²) >= 11 is 0. The Bertz CT molecular complexity index is 1550. The van der Waals surface area contributed by atoms with E-state index in [2.05, 4.69) is 15.5 Å². The standard InChI is InChI=1S/C32H38FN3O11/c1-29-10-9-21(37)11-20(29)7-8-22-23-12-24(38)32(43,30(23,2)13-25(39)31(22,29)33)26(40)17-46-28(42)35-15-27(41)34-14-18-5-3-4-6-19(18)16-47-36(44)45/h3-7,9-10,22-25,38-39,43H,8,11-17H2,1-2H3,(H,34,41)(H,35,42)/t22-,23-,24+,25-,29-,30-,31-,32-/m0/s1. The molecule has 2 saturated carbocycles. The van der Waals surface area contributed by atoms with E-state index in [0.717, 1.165) is 0 Å². The molecule has 0 unspecified atom stereocenters. The molecule has 1 aromatic carbocycles. The average molecular weight is 660 g/mol. The zero-order valence-corrected chi connectivity index (χ0v) is 25.9. The van der Waals surface area contributed by atoms with E-state index in [1.54, 1.807) is 37.3 Å². The highest BCUT2D eigenvalue weighted by atomic mass is 19.1. The van der Waals surface area contributed by atoms with E-state index in [-0.39, 0.29) is 44.6 Å². The van der Waals surface area contributed by atoms with Crippen LogP contribution >= 0.6 is 0 Å². The molecule has 47 heavy (non-hydrogen) atoms. The van der Waals surface area contributed by atoms with Gasteiger partial charge in [-0.15, -0.1) is 10.1 Å². The van der Waals surface area contributed by atoms with Crippen LogP contribution in [0.15, 0.2) is 48.1 Å². The molecule has 0 heterocycles. The molecule has 0 saturated heterocycles. The average Bonchev–Trinajstić information content (AvgIpc) is 3.23. The third-order valence-electron chi connectivity index (χ3n) is 10.9. The summed E-state index contributed by atoms with van der Waals surface area (Å²) in [6.07, 6.45) is -0.232. The normalized spacial score (nSPS) is 35.4. The second-order valence-electron chi connectivity index (χ2n) is 13.2. The third kappa shape index (κ3) is 5.59. The molecule has 0 radical (unpaired) electrons. The van der Waals surface area contributed by atoms with Crippen LogP contribution in [-0.2, 0) is 37.1 Å². The predicted molar refractivity (Wildman–Crippen MR) is 159 cm³/mol. The first kappa shape index (κ1) is 34.1. The van der Waals surface area contributed by atoms with Crippen LogP contribution in [-0.4, -0.2) is 80.6 Å². The van der Waals surface area contributed by atoms with Crippen LogP contribution in [0.5, 0.6) is 0 Å². The molecule has 8 atom stereocenters. The van der Waals surface area contributed by atoms with Gasteiger partial charge in [0.1, 0.15) is 13.2 Å². The van der Waals surface area contributed by atoms with Crippen LogP contribution in [0.1, 0.15) is 50.7 Å². The van der Waals surface area contributed by atoms with Gasteiger partial charge < -0.3 is 35.5 Å².